The van der Waals surface area contributed by atoms with Gasteiger partial charge in [0.1, 0.15) is 5.82 Å². The van der Waals surface area contributed by atoms with Crippen molar-refractivity contribution in [2.75, 3.05) is 0 Å². The fourth-order valence-electron chi connectivity index (χ4n) is 3.18. The number of aromatic nitrogens is 2. The highest BCUT2D eigenvalue weighted by Gasteiger charge is 2.32. The standard InChI is InChI=1S/C16H21N3/c1-19-12-11-18-15(19)8-10-16(17)9-4-6-13-5-2-3-7-14(13)16/h2-3,5,7,11-12H,4,6,8-10,17H2,1H3. The van der Waals surface area contributed by atoms with E-state index in [-0.39, 0.29) is 5.54 Å². The number of rotatable bonds is 3. The minimum absolute atomic E-state index is 0.180. The van der Waals surface area contributed by atoms with Gasteiger partial charge in [-0.15, -0.1) is 0 Å². The number of hydrogen-bond donors (Lipinski definition) is 1. The molecule has 0 amide bonds. The maximum atomic E-state index is 6.70. The van der Waals surface area contributed by atoms with Crippen molar-refractivity contribution < 1.29 is 0 Å². The predicted molar refractivity (Wildman–Crippen MR) is 76.8 cm³/mol. The Morgan fingerprint density at radius 2 is 2.21 bits per heavy atom. The lowest BCUT2D eigenvalue weighted by Gasteiger charge is -2.36. The van der Waals surface area contributed by atoms with E-state index in [0.717, 1.165) is 31.5 Å². The van der Waals surface area contributed by atoms with E-state index in [2.05, 4.69) is 33.8 Å². The molecule has 19 heavy (non-hydrogen) atoms. The molecule has 3 nitrogen and oxygen atoms in total. The molecule has 0 fully saturated rings. The van der Waals surface area contributed by atoms with Crippen molar-refractivity contribution in [2.24, 2.45) is 12.8 Å². The lowest BCUT2D eigenvalue weighted by Crippen LogP contribution is -2.40. The number of fused-ring (bicyclic) bond motifs is 1. The van der Waals surface area contributed by atoms with E-state index < -0.39 is 0 Å². The van der Waals surface area contributed by atoms with Crippen LogP contribution in [0.5, 0.6) is 0 Å². The van der Waals surface area contributed by atoms with Crippen LogP contribution in [0.4, 0.5) is 0 Å². The van der Waals surface area contributed by atoms with Crippen LogP contribution in [0, 0.1) is 0 Å². The molecule has 0 spiro atoms. The molecule has 1 heterocycles. The minimum atomic E-state index is -0.180. The molecule has 2 aromatic rings. The van der Waals surface area contributed by atoms with E-state index in [0.29, 0.717) is 0 Å². The summed E-state index contributed by atoms with van der Waals surface area (Å²) in [5, 5.41) is 0. The largest absolute Gasteiger partial charge is 0.338 e. The van der Waals surface area contributed by atoms with Gasteiger partial charge in [-0.05, 0) is 36.8 Å². The molecule has 3 rings (SSSR count). The Hall–Kier alpha value is -1.61. The summed E-state index contributed by atoms with van der Waals surface area (Å²) in [6.45, 7) is 0. The summed E-state index contributed by atoms with van der Waals surface area (Å²) in [7, 11) is 2.04. The molecule has 100 valence electrons. The van der Waals surface area contributed by atoms with Gasteiger partial charge in [-0.2, -0.15) is 0 Å². The smallest absolute Gasteiger partial charge is 0.108 e. The number of hydrogen-bond acceptors (Lipinski definition) is 2. The van der Waals surface area contributed by atoms with Crippen LogP contribution < -0.4 is 5.73 Å². The van der Waals surface area contributed by atoms with Crippen LogP contribution in [0.1, 0.15) is 36.2 Å². The van der Waals surface area contributed by atoms with Crippen molar-refractivity contribution >= 4 is 0 Å². The van der Waals surface area contributed by atoms with Crippen molar-refractivity contribution in [1.29, 1.82) is 0 Å². The quantitative estimate of drug-likeness (QED) is 0.916. The summed E-state index contributed by atoms with van der Waals surface area (Å²) < 4.78 is 2.08. The number of aryl methyl sites for hydroxylation is 3. The third kappa shape index (κ3) is 2.30. The Morgan fingerprint density at radius 1 is 1.37 bits per heavy atom. The average Bonchev–Trinajstić information content (AvgIpc) is 2.83. The zero-order valence-electron chi connectivity index (χ0n) is 11.5. The maximum absolute atomic E-state index is 6.70. The van der Waals surface area contributed by atoms with Crippen LogP contribution in [0.25, 0.3) is 0 Å². The summed E-state index contributed by atoms with van der Waals surface area (Å²) in [5.41, 5.74) is 9.29. The highest BCUT2D eigenvalue weighted by Crippen LogP contribution is 2.36. The Labute approximate surface area is 114 Å². The molecule has 1 aliphatic rings. The summed E-state index contributed by atoms with van der Waals surface area (Å²) in [4.78, 5) is 4.39. The van der Waals surface area contributed by atoms with E-state index >= 15 is 0 Å². The second-order valence-corrected chi connectivity index (χ2v) is 5.62. The van der Waals surface area contributed by atoms with Crippen molar-refractivity contribution in [3.63, 3.8) is 0 Å². The summed E-state index contributed by atoms with van der Waals surface area (Å²) in [6.07, 6.45) is 9.18. The van der Waals surface area contributed by atoms with E-state index in [4.69, 9.17) is 5.73 Å². The Morgan fingerprint density at radius 3 is 3.00 bits per heavy atom. The summed E-state index contributed by atoms with van der Waals surface area (Å²) in [5.74, 6) is 1.12. The molecular formula is C16H21N3. The maximum Gasteiger partial charge on any atom is 0.108 e. The van der Waals surface area contributed by atoms with Crippen LogP contribution >= 0.6 is 0 Å². The normalized spacial score (nSPS) is 22.2. The van der Waals surface area contributed by atoms with Gasteiger partial charge < -0.3 is 10.3 Å². The van der Waals surface area contributed by atoms with Crippen molar-refractivity contribution in [3.05, 3.63) is 53.6 Å². The van der Waals surface area contributed by atoms with Crippen LogP contribution in [-0.2, 0) is 25.4 Å². The van der Waals surface area contributed by atoms with E-state index in [1.54, 1.807) is 0 Å². The lowest BCUT2D eigenvalue weighted by molar-refractivity contribution is 0.342. The number of nitrogens with zero attached hydrogens (tertiary/aromatic N) is 2. The topological polar surface area (TPSA) is 43.8 Å². The van der Waals surface area contributed by atoms with Gasteiger partial charge in [0, 0.05) is 31.4 Å². The molecule has 1 atom stereocenters. The summed E-state index contributed by atoms with van der Waals surface area (Å²) >= 11 is 0. The van der Waals surface area contributed by atoms with Crippen molar-refractivity contribution in [3.8, 4) is 0 Å². The molecule has 0 radical (unpaired) electrons. The molecule has 1 aliphatic carbocycles. The van der Waals surface area contributed by atoms with E-state index in [9.17, 15) is 0 Å². The van der Waals surface area contributed by atoms with Gasteiger partial charge in [0.05, 0.1) is 0 Å². The first-order valence-electron chi connectivity index (χ1n) is 7.02. The minimum Gasteiger partial charge on any atom is -0.338 e. The molecule has 2 N–H and O–H groups in total. The molecule has 0 saturated heterocycles. The number of imidazole rings is 1. The van der Waals surface area contributed by atoms with Gasteiger partial charge in [0.15, 0.2) is 0 Å². The fraction of sp³-hybridized carbons (Fsp3) is 0.438. The first kappa shape index (κ1) is 12.4. The zero-order valence-corrected chi connectivity index (χ0v) is 11.5. The third-order valence-electron chi connectivity index (χ3n) is 4.34. The number of nitrogens with two attached hydrogens (primary N) is 1. The Bertz CT molecular complexity index is 573. The van der Waals surface area contributed by atoms with Crippen molar-refractivity contribution in [2.45, 2.75) is 37.6 Å². The molecule has 1 aromatic carbocycles. The van der Waals surface area contributed by atoms with Crippen LogP contribution in [0.2, 0.25) is 0 Å². The van der Waals surface area contributed by atoms with Gasteiger partial charge in [-0.25, -0.2) is 4.98 Å². The molecule has 0 bridgehead atoms. The molecular weight excluding hydrogens is 234 g/mol. The first-order chi connectivity index (χ1) is 9.19. The molecule has 0 aliphatic heterocycles. The van der Waals surface area contributed by atoms with Crippen molar-refractivity contribution in [1.82, 2.24) is 9.55 Å². The third-order valence-corrected chi connectivity index (χ3v) is 4.34. The summed E-state index contributed by atoms with van der Waals surface area (Å²) in [6, 6.07) is 8.64. The predicted octanol–water partition coefficient (Wildman–Crippen LogP) is 2.54. The lowest BCUT2D eigenvalue weighted by atomic mass is 9.74. The van der Waals surface area contributed by atoms with Gasteiger partial charge >= 0.3 is 0 Å². The van der Waals surface area contributed by atoms with Crippen LogP contribution in [0.15, 0.2) is 36.7 Å². The molecule has 1 unspecified atom stereocenters. The Balaban J connectivity index is 1.82. The van der Waals surface area contributed by atoms with Gasteiger partial charge in [0.25, 0.3) is 0 Å². The van der Waals surface area contributed by atoms with Crippen LogP contribution in [0.3, 0.4) is 0 Å². The Kier molecular flexibility index (Phi) is 3.15. The molecule has 3 heteroatoms. The highest BCUT2D eigenvalue weighted by molar-refractivity contribution is 5.35. The average molecular weight is 255 g/mol. The van der Waals surface area contributed by atoms with Gasteiger partial charge in [-0.3, -0.25) is 0 Å². The fourth-order valence-corrected chi connectivity index (χ4v) is 3.18. The van der Waals surface area contributed by atoms with E-state index in [1.165, 1.54) is 17.5 Å². The second kappa shape index (κ2) is 4.82. The van der Waals surface area contributed by atoms with Gasteiger partial charge in [-0.1, -0.05) is 24.3 Å². The molecule has 0 saturated carbocycles. The zero-order chi connectivity index (χ0) is 13.3. The highest BCUT2D eigenvalue weighted by atomic mass is 15.0. The number of benzene rings is 1. The SMILES string of the molecule is Cn1ccnc1CCC1(N)CCCc2ccccc21. The second-order valence-electron chi connectivity index (χ2n) is 5.62. The monoisotopic (exact) mass is 255 g/mol. The van der Waals surface area contributed by atoms with E-state index in [1.807, 2.05) is 19.4 Å². The van der Waals surface area contributed by atoms with Gasteiger partial charge in [0.2, 0.25) is 0 Å². The molecule has 1 aromatic heterocycles. The van der Waals surface area contributed by atoms with Crippen LogP contribution in [-0.4, -0.2) is 9.55 Å². The first-order valence-corrected chi connectivity index (χ1v) is 7.02.